The Bertz CT molecular complexity index is 1330. The van der Waals surface area contributed by atoms with Crippen molar-refractivity contribution in [3.05, 3.63) is 36.0 Å². The molecule has 0 aromatic heterocycles. The number of piperidine rings is 1. The number of carbonyl (C=O) groups excluding carboxylic acids is 4. The van der Waals surface area contributed by atoms with Crippen molar-refractivity contribution in [2.75, 3.05) is 20.8 Å². The number of Topliss-reactive ketones (excluding diaryl/α,β-unsaturated/α-hetero) is 2. The summed E-state index contributed by atoms with van der Waals surface area (Å²) in [6.07, 6.45) is 8.01. The van der Waals surface area contributed by atoms with Crippen LogP contribution in [0.2, 0.25) is 0 Å². The van der Waals surface area contributed by atoms with Gasteiger partial charge in [-0.3, -0.25) is 14.4 Å². The Morgan fingerprint density at radius 1 is 0.962 bits per heavy atom. The molecule has 4 aliphatic rings. The minimum atomic E-state index is -1.12. The average molecular weight is 744 g/mol. The van der Waals surface area contributed by atoms with Crippen LogP contribution < -0.4 is 0 Å². The summed E-state index contributed by atoms with van der Waals surface area (Å²) in [7, 11) is 3.21. The van der Waals surface area contributed by atoms with Gasteiger partial charge in [0.25, 0.3) is 5.91 Å². The van der Waals surface area contributed by atoms with Crippen LogP contribution in [0.5, 0.6) is 0 Å². The van der Waals surface area contributed by atoms with Gasteiger partial charge in [-0.15, -0.1) is 6.58 Å². The molecule has 3 fully saturated rings. The summed E-state index contributed by atoms with van der Waals surface area (Å²) in [6.45, 7) is 11.9. The van der Waals surface area contributed by atoms with Gasteiger partial charge in [0.15, 0.2) is 0 Å². The normalized spacial score (nSPS) is 38.9. The molecule has 1 aliphatic carbocycles. The van der Waals surface area contributed by atoms with E-state index in [4.69, 9.17) is 18.9 Å². The standard InChI is InChI=1S/C42H65NO10/c1-8-11-30-21-25(2)20-26(3)22-37(51-7)40-36(50-6)18-17-35(52-40)38(47)41(48)43-19-10-9-12-32(43)42(49)53-39(28(5)33(45)24-34(30)46)27(4)23-29-13-15-31(44)16-14-29/h8,21,23,26,28-33,35-37,39-40,44-45H,1,9-20,22,24H2,2-7H3/b25-21+,27-23+/t26-,28+,29-,30+,31-,32-,33-,35?,36-,37-,39+,40?/m0/s1. The summed E-state index contributed by atoms with van der Waals surface area (Å²) < 4.78 is 24.4. The first-order chi connectivity index (χ1) is 25.3. The van der Waals surface area contributed by atoms with Crippen molar-refractivity contribution < 1.29 is 48.3 Å². The number of aliphatic hydroxyl groups excluding tert-OH is 2. The lowest BCUT2D eigenvalue weighted by atomic mass is 9.82. The lowest BCUT2D eigenvalue weighted by Crippen LogP contribution is -2.56. The van der Waals surface area contributed by atoms with Crippen LogP contribution in [0.15, 0.2) is 36.0 Å². The SMILES string of the molecule is C=CC[C@@H]1/C=C(\C)C[C@H](C)C[C@H](OC)C2OC(CC[C@@H]2OC)C(=O)C(=O)N2CCCC[C@H]2C(=O)O[C@H](/C(C)=C/[C@H]2CC[C@H](O)CC2)[C@H](C)[C@@H](O)CC1=O. The Morgan fingerprint density at radius 2 is 1.66 bits per heavy atom. The number of methoxy groups -OCH3 is 2. The van der Waals surface area contributed by atoms with E-state index in [2.05, 4.69) is 19.6 Å². The number of ketones is 2. The van der Waals surface area contributed by atoms with Crippen molar-refractivity contribution in [3.8, 4) is 0 Å². The Morgan fingerprint density at radius 3 is 2.32 bits per heavy atom. The number of cyclic esters (lactones) is 1. The maximum absolute atomic E-state index is 14.1. The van der Waals surface area contributed by atoms with Crippen molar-refractivity contribution in [2.24, 2.45) is 23.7 Å². The topological polar surface area (TPSA) is 149 Å². The predicted octanol–water partition coefficient (Wildman–Crippen LogP) is 5.45. The third kappa shape index (κ3) is 11.4. The number of carbonyl (C=O) groups is 4. The number of esters is 1. The minimum absolute atomic E-state index is 0.120. The molecule has 298 valence electrons. The fourth-order valence-corrected chi connectivity index (χ4v) is 8.87. The van der Waals surface area contributed by atoms with Crippen molar-refractivity contribution in [3.63, 3.8) is 0 Å². The van der Waals surface area contributed by atoms with Gasteiger partial charge in [-0.05, 0) is 108 Å². The van der Waals surface area contributed by atoms with E-state index in [1.807, 2.05) is 19.9 Å². The fourth-order valence-electron chi connectivity index (χ4n) is 8.87. The third-order valence-electron chi connectivity index (χ3n) is 12.0. The highest BCUT2D eigenvalue weighted by Gasteiger charge is 2.45. The van der Waals surface area contributed by atoms with Gasteiger partial charge in [-0.1, -0.05) is 37.6 Å². The first-order valence-corrected chi connectivity index (χ1v) is 19.9. The van der Waals surface area contributed by atoms with E-state index in [0.717, 1.165) is 24.0 Å². The molecule has 2 bridgehead atoms. The quantitative estimate of drug-likeness (QED) is 0.205. The molecule has 2 unspecified atom stereocenters. The molecule has 0 spiro atoms. The van der Waals surface area contributed by atoms with Crippen molar-refractivity contribution in [1.82, 2.24) is 4.90 Å². The largest absolute Gasteiger partial charge is 0.456 e. The second kappa shape index (κ2) is 20.3. The molecule has 1 saturated carbocycles. The number of aliphatic hydroxyl groups is 2. The highest BCUT2D eigenvalue weighted by atomic mass is 16.6. The van der Waals surface area contributed by atoms with Gasteiger partial charge in [-0.25, -0.2) is 4.79 Å². The summed E-state index contributed by atoms with van der Waals surface area (Å²) in [5.41, 5.74) is 1.77. The maximum atomic E-state index is 14.1. The molecular weight excluding hydrogens is 678 g/mol. The first kappa shape index (κ1) is 43.0. The van der Waals surface area contributed by atoms with E-state index in [1.54, 1.807) is 27.2 Å². The van der Waals surface area contributed by atoms with Crippen LogP contribution in [-0.2, 0) is 38.1 Å². The van der Waals surface area contributed by atoms with E-state index >= 15 is 0 Å². The van der Waals surface area contributed by atoms with Crippen LogP contribution in [0.4, 0.5) is 0 Å². The van der Waals surface area contributed by atoms with Crippen LogP contribution in [0.25, 0.3) is 0 Å². The van der Waals surface area contributed by atoms with E-state index in [0.29, 0.717) is 64.2 Å². The van der Waals surface area contributed by atoms with Crippen LogP contribution >= 0.6 is 0 Å². The predicted molar refractivity (Wildman–Crippen MR) is 201 cm³/mol. The molecule has 1 amide bonds. The highest BCUT2D eigenvalue weighted by molar-refractivity contribution is 6.38. The van der Waals surface area contributed by atoms with Crippen molar-refractivity contribution in [1.29, 1.82) is 0 Å². The summed E-state index contributed by atoms with van der Waals surface area (Å²) >= 11 is 0. The monoisotopic (exact) mass is 743 g/mol. The van der Waals surface area contributed by atoms with Gasteiger partial charge < -0.3 is 34.1 Å². The lowest BCUT2D eigenvalue weighted by Gasteiger charge is -2.40. The average Bonchev–Trinajstić information content (AvgIpc) is 3.14. The first-order valence-electron chi connectivity index (χ1n) is 19.9. The highest BCUT2D eigenvalue weighted by Crippen LogP contribution is 2.33. The molecule has 11 nitrogen and oxygen atoms in total. The summed E-state index contributed by atoms with van der Waals surface area (Å²) in [6, 6.07) is -0.982. The van der Waals surface area contributed by atoms with Crippen LogP contribution in [-0.4, -0.2) is 108 Å². The molecule has 53 heavy (non-hydrogen) atoms. The van der Waals surface area contributed by atoms with Crippen LogP contribution in [0.1, 0.15) is 111 Å². The smallest absolute Gasteiger partial charge is 0.329 e. The number of allylic oxidation sites excluding steroid dienone is 4. The van der Waals surface area contributed by atoms with Gasteiger partial charge in [0.2, 0.25) is 5.78 Å². The summed E-state index contributed by atoms with van der Waals surface area (Å²) in [5, 5.41) is 21.7. The van der Waals surface area contributed by atoms with Crippen LogP contribution in [0.3, 0.4) is 0 Å². The molecule has 0 aromatic rings. The second-order valence-electron chi connectivity index (χ2n) is 16.2. The van der Waals surface area contributed by atoms with Gasteiger partial charge >= 0.3 is 5.97 Å². The zero-order chi connectivity index (χ0) is 38.8. The zero-order valence-electron chi connectivity index (χ0n) is 32.9. The molecule has 2 saturated heterocycles. The number of rotatable bonds is 6. The zero-order valence-corrected chi connectivity index (χ0v) is 32.9. The number of hydrogen-bond acceptors (Lipinski definition) is 10. The molecule has 0 aromatic carbocycles. The Labute approximate surface area is 316 Å². The van der Waals surface area contributed by atoms with Gasteiger partial charge in [0, 0.05) is 39.0 Å². The van der Waals surface area contributed by atoms with Crippen molar-refractivity contribution in [2.45, 2.75) is 160 Å². The minimum Gasteiger partial charge on any atom is -0.456 e. The van der Waals surface area contributed by atoms with E-state index in [-0.39, 0.29) is 42.8 Å². The van der Waals surface area contributed by atoms with Crippen molar-refractivity contribution >= 4 is 23.4 Å². The molecule has 10 atom stereocenters. The number of ether oxygens (including phenoxy) is 4. The molecule has 3 heterocycles. The van der Waals surface area contributed by atoms with E-state index in [1.165, 1.54) is 4.90 Å². The third-order valence-corrected chi connectivity index (χ3v) is 12.0. The fraction of sp³-hybridized carbons (Fsp3) is 0.762. The number of nitrogens with zero attached hydrogens (tertiary/aromatic N) is 1. The lowest BCUT2D eigenvalue weighted by molar-refractivity contribution is -0.187. The Kier molecular flexibility index (Phi) is 16.5. The van der Waals surface area contributed by atoms with Gasteiger partial charge in [0.05, 0.1) is 24.4 Å². The van der Waals surface area contributed by atoms with E-state index < -0.39 is 66.1 Å². The Hall–Kier alpha value is -2.70. The molecule has 4 rings (SSSR count). The summed E-state index contributed by atoms with van der Waals surface area (Å²) in [5.74, 6) is -3.08. The van der Waals surface area contributed by atoms with Crippen LogP contribution in [0, 0.1) is 23.7 Å². The van der Waals surface area contributed by atoms with Gasteiger partial charge in [0.1, 0.15) is 30.1 Å². The van der Waals surface area contributed by atoms with E-state index in [9.17, 15) is 29.4 Å². The number of fused-ring (bicyclic) bond motifs is 3. The second-order valence-corrected chi connectivity index (χ2v) is 16.2. The maximum Gasteiger partial charge on any atom is 0.329 e. The Balaban J connectivity index is 1.72. The molecule has 11 heteroatoms. The molecular formula is C42H65NO10. The number of hydrogen-bond donors (Lipinski definition) is 2. The summed E-state index contributed by atoms with van der Waals surface area (Å²) in [4.78, 5) is 57.2. The molecule has 2 N–H and O–H groups in total. The molecule has 0 radical (unpaired) electrons. The van der Waals surface area contributed by atoms with Gasteiger partial charge in [-0.2, -0.15) is 0 Å². The number of amides is 1. The molecule has 3 aliphatic heterocycles.